The number of aliphatic hydroxyl groups is 11. The molecule has 3 saturated heterocycles. The highest BCUT2D eigenvalue weighted by molar-refractivity contribution is 5.76. The van der Waals surface area contributed by atoms with Crippen LogP contribution in [0.3, 0.4) is 0 Å². The van der Waals surface area contributed by atoms with Gasteiger partial charge < -0.3 is 89.9 Å². The number of hydrogen-bond donors (Lipinski definition) is 12. The van der Waals surface area contributed by atoms with Crippen molar-refractivity contribution < 1.29 is 89.4 Å². The Morgan fingerprint density at radius 3 is 1.26 bits per heavy atom. The highest BCUT2D eigenvalue weighted by Crippen LogP contribution is 2.33. The van der Waals surface area contributed by atoms with E-state index in [4.69, 9.17) is 28.4 Å². The van der Waals surface area contributed by atoms with E-state index in [0.29, 0.717) is 12.8 Å². The fourth-order valence-electron chi connectivity index (χ4n) is 11.2. The van der Waals surface area contributed by atoms with E-state index in [2.05, 4.69) is 79.9 Å². The van der Waals surface area contributed by atoms with Crippen molar-refractivity contribution in [2.24, 2.45) is 0 Å². The summed E-state index contributed by atoms with van der Waals surface area (Å²) < 4.78 is 34.4. The molecule has 1 amide bonds. The van der Waals surface area contributed by atoms with E-state index < -0.39 is 124 Å². The minimum atomic E-state index is -1.97. The van der Waals surface area contributed by atoms with Crippen molar-refractivity contribution in [3.05, 3.63) is 60.8 Å². The Hall–Kier alpha value is -2.51. The maximum Gasteiger partial charge on any atom is 0.220 e. The van der Waals surface area contributed by atoms with Gasteiger partial charge in [0.25, 0.3) is 0 Å². The molecule has 17 unspecified atom stereocenters. The van der Waals surface area contributed by atoms with Crippen LogP contribution in [-0.4, -0.2) is 193 Å². The van der Waals surface area contributed by atoms with Crippen LogP contribution in [0.4, 0.5) is 0 Å². The Morgan fingerprint density at radius 1 is 0.430 bits per heavy atom. The van der Waals surface area contributed by atoms with Gasteiger partial charge in [-0.05, 0) is 57.8 Å². The van der Waals surface area contributed by atoms with E-state index in [9.17, 15) is 61.0 Å². The van der Waals surface area contributed by atoms with Gasteiger partial charge in [-0.15, -0.1) is 0 Å². The topological polar surface area (TPSA) is 307 Å². The Balaban J connectivity index is 1.42. The van der Waals surface area contributed by atoms with Gasteiger partial charge in [-0.1, -0.05) is 222 Å². The van der Waals surface area contributed by atoms with E-state index >= 15 is 0 Å². The monoisotopic (exact) mass is 1230 g/mol. The first-order chi connectivity index (χ1) is 41.8. The average molecular weight is 1230 g/mol. The molecule has 86 heavy (non-hydrogen) atoms. The van der Waals surface area contributed by atoms with Crippen molar-refractivity contribution in [2.45, 2.75) is 330 Å². The smallest absolute Gasteiger partial charge is 0.220 e. The standard InChI is InChI=1S/C67H119NO18/c1-3-5-7-9-11-13-15-17-19-20-21-22-23-24-25-26-27-28-29-30-31-33-35-37-39-41-43-45-55(73)68-50(51(72)44-42-40-38-36-34-32-18-16-14-12-10-8-6-4-2)49-81-65-61(79)58(76)63(53(47-70)83-65)86-67-62(80)59(77)64(54(48-71)84-67)85-66-60(78)57(75)56(74)52(46-69)82-66/h5,7,11,13,17,19,21-22,24-25,50-54,56-67,69-72,74-80H,3-4,6,8-10,12,14-16,18,20,23,26-49H2,1-2H3,(H,68,73)/b7-5-,13-11-,19-17-,22-21-,25-24-. The van der Waals surface area contributed by atoms with Crippen LogP contribution in [0.1, 0.15) is 226 Å². The fourth-order valence-corrected chi connectivity index (χ4v) is 11.2. The molecule has 500 valence electrons. The predicted molar refractivity (Wildman–Crippen MR) is 332 cm³/mol. The molecule has 3 aliphatic rings. The molecule has 17 atom stereocenters. The van der Waals surface area contributed by atoms with E-state index in [1.54, 1.807) is 0 Å². The molecular formula is C67H119NO18. The van der Waals surface area contributed by atoms with Gasteiger partial charge in [0.1, 0.15) is 73.2 Å². The minimum Gasteiger partial charge on any atom is -0.394 e. The summed E-state index contributed by atoms with van der Waals surface area (Å²) in [6.07, 6.45) is 31.5. The van der Waals surface area contributed by atoms with Crippen LogP contribution < -0.4 is 5.32 Å². The number of nitrogens with one attached hydrogen (secondary N) is 1. The third-order valence-electron chi connectivity index (χ3n) is 16.6. The lowest BCUT2D eigenvalue weighted by Gasteiger charge is -2.48. The zero-order valence-corrected chi connectivity index (χ0v) is 52.5. The van der Waals surface area contributed by atoms with Crippen molar-refractivity contribution in [1.82, 2.24) is 5.32 Å². The molecule has 12 N–H and O–H groups in total. The highest BCUT2D eigenvalue weighted by Gasteiger charge is 2.53. The van der Waals surface area contributed by atoms with Gasteiger partial charge in [0.15, 0.2) is 18.9 Å². The van der Waals surface area contributed by atoms with Crippen molar-refractivity contribution in [3.8, 4) is 0 Å². The molecule has 3 aliphatic heterocycles. The second kappa shape index (κ2) is 49.2. The number of allylic oxidation sites excluding steroid dienone is 10. The number of unbranched alkanes of at least 4 members (excludes halogenated alkanes) is 24. The summed E-state index contributed by atoms with van der Waals surface area (Å²) in [6.45, 7) is 1.68. The molecule has 0 aromatic rings. The first-order valence-electron chi connectivity index (χ1n) is 33.5. The Kier molecular flexibility index (Phi) is 44.5. The molecule has 0 aromatic heterocycles. The van der Waals surface area contributed by atoms with Crippen LogP contribution in [0.2, 0.25) is 0 Å². The molecule has 0 spiro atoms. The van der Waals surface area contributed by atoms with Crippen molar-refractivity contribution in [1.29, 1.82) is 0 Å². The lowest BCUT2D eigenvalue weighted by Crippen LogP contribution is -2.66. The molecule has 19 heteroatoms. The first kappa shape index (κ1) is 77.7. The van der Waals surface area contributed by atoms with Crippen LogP contribution in [0, 0.1) is 0 Å². The molecule has 3 rings (SSSR count). The van der Waals surface area contributed by atoms with Gasteiger partial charge in [0, 0.05) is 6.42 Å². The number of aliphatic hydroxyl groups excluding tert-OH is 11. The Labute approximate surface area is 515 Å². The number of ether oxygens (including phenoxy) is 6. The lowest BCUT2D eigenvalue weighted by atomic mass is 9.96. The lowest BCUT2D eigenvalue weighted by molar-refractivity contribution is -0.379. The Bertz CT molecular complexity index is 1800. The summed E-state index contributed by atoms with van der Waals surface area (Å²) in [7, 11) is 0. The second-order valence-corrected chi connectivity index (χ2v) is 23.9. The molecular weight excluding hydrogens is 1110 g/mol. The number of carbonyl (C=O) groups excluding carboxylic acids is 1. The van der Waals surface area contributed by atoms with E-state index in [1.165, 1.54) is 109 Å². The summed E-state index contributed by atoms with van der Waals surface area (Å²) in [5.74, 6) is -0.248. The molecule has 0 saturated carbocycles. The van der Waals surface area contributed by atoms with Crippen LogP contribution in [0.5, 0.6) is 0 Å². The van der Waals surface area contributed by atoms with Crippen LogP contribution in [0.25, 0.3) is 0 Å². The van der Waals surface area contributed by atoms with Gasteiger partial charge in [-0.3, -0.25) is 4.79 Å². The summed E-state index contributed by atoms with van der Waals surface area (Å²) in [6, 6.07) is -0.891. The number of rotatable bonds is 50. The number of hydrogen-bond acceptors (Lipinski definition) is 18. The average Bonchev–Trinajstić information content (AvgIpc) is 1.96. The van der Waals surface area contributed by atoms with E-state index in [1.807, 2.05) is 0 Å². The second-order valence-electron chi connectivity index (χ2n) is 23.9. The highest BCUT2D eigenvalue weighted by atomic mass is 16.8. The largest absolute Gasteiger partial charge is 0.394 e. The third-order valence-corrected chi connectivity index (χ3v) is 16.6. The van der Waals surface area contributed by atoms with Crippen molar-refractivity contribution in [2.75, 3.05) is 26.4 Å². The normalized spacial score (nSPS) is 29.2. The van der Waals surface area contributed by atoms with Crippen molar-refractivity contribution >= 4 is 5.91 Å². The van der Waals surface area contributed by atoms with E-state index in [-0.39, 0.29) is 18.9 Å². The van der Waals surface area contributed by atoms with Gasteiger partial charge in [0.2, 0.25) is 5.91 Å². The zero-order valence-electron chi connectivity index (χ0n) is 52.5. The molecule has 3 heterocycles. The van der Waals surface area contributed by atoms with Gasteiger partial charge in [0.05, 0.1) is 38.6 Å². The van der Waals surface area contributed by atoms with Crippen molar-refractivity contribution in [3.63, 3.8) is 0 Å². The molecule has 3 fully saturated rings. The van der Waals surface area contributed by atoms with Gasteiger partial charge in [-0.2, -0.15) is 0 Å². The Morgan fingerprint density at radius 2 is 0.802 bits per heavy atom. The molecule has 0 radical (unpaired) electrons. The summed E-state index contributed by atoms with van der Waals surface area (Å²) in [5.41, 5.74) is 0. The van der Waals surface area contributed by atoms with Crippen LogP contribution in [0.15, 0.2) is 60.8 Å². The first-order valence-corrected chi connectivity index (χ1v) is 33.5. The number of carbonyl (C=O) groups is 1. The summed E-state index contributed by atoms with van der Waals surface area (Å²) >= 11 is 0. The minimum absolute atomic E-state index is 0.248. The quantitative estimate of drug-likeness (QED) is 0.0203. The molecule has 0 aliphatic carbocycles. The fraction of sp³-hybridized carbons (Fsp3) is 0.836. The molecule has 19 nitrogen and oxygen atoms in total. The van der Waals surface area contributed by atoms with Gasteiger partial charge >= 0.3 is 0 Å². The third kappa shape index (κ3) is 31.5. The summed E-state index contributed by atoms with van der Waals surface area (Å²) in [5, 5.41) is 121. The van der Waals surface area contributed by atoms with Crippen LogP contribution >= 0.6 is 0 Å². The maximum absolute atomic E-state index is 13.4. The SMILES string of the molecule is CC/C=C\C/C=C\C/C=C\C/C=C\C/C=C\CCCCCCCCCCCCCC(=O)NC(COC1OC(CO)C(OC2OC(CO)C(OC3OC(CO)C(O)C(O)C3O)C(O)C2O)C(O)C1O)C(O)CCCCCCCCCCCCCCCC. The van der Waals surface area contributed by atoms with E-state index in [0.717, 1.165) is 83.5 Å². The maximum atomic E-state index is 13.4. The van der Waals surface area contributed by atoms with Gasteiger partial charge in [-0.25, -0.2) is 0 Å². The predicted octanol–water partition coefficient (Wildman–Crippen LogP) is 7.99. The number of amides is 1. The summed E-state index contributed by atoms with van der Waals surface area (Å²) in [4.78, 5) is 13.4. The van der Waals surface area contributed by atoms with Crippen LogP contribution in [-0.2, 0) is 33.2 Å². The zero-order chi connectivity index (χ0) is 62.6. The molecule has 0 bridgehead atoms. The molecule has 0 aromatic carbocycles.